The lowest BCUT2D eigenvalue weighted by molar-refractivity contribution is -0.139. The van der Waals surface area contributed by atoms with Crippen LogP contribution in [0.2, 0.25) is 0 Å². The van der Waals surface area contributed by atoms with E-state index in [0.29, 0.717) is 17.2 Å². The number of carbonyl (C=O) groups excluding carboxylic acids is 2. The number of hydrogen-bond donors (Lipinski definition) is 1. The van der Waals surface area contributed by atoms with E-state index >= 15 is 0 Å². The van der Waals surface area contributed by atoms with Crippen LogP contribution in [0.15, 0.2) is 66.1 Å². The number of ether oxygens (including phenoxy) is 1. The lowest BCUT2D eigenvalue weighted by Gasteiger charge is -2.35. The summed E-state index contributed by atoms with van der Waals surface area (Å²) in [7, 11) is 0. The van der Waals surface area contributed by atoms with Gasteiger partial charge in [0, 0.05) is 17.5 Å². The third-order valence-corrected chi connectivity index (χ3v) is 5.22. The Kier molecular flexibility index (Phi) is 6.16. The minimum absolute atomic E-state index is 0.104. The molecular formula is C23H21F2N5O3. The van der Waals surface area contributed by atoms with Crippen molar-refractivity contribution in [1.29, 1.82) is 0 Å². The molecule has 1 unspecified atom stereocenters. The van der Waals surface area contributed by atoms with Crippen molar-refractivity contribution in [3.05, 3.63) is 83.3 Å². The summed E-state index contributed by atoms with van der Waals surface area (Å²) in [5, 5.41) is 6.83. The molecule has 1 aliphatic rings. The quantitative estimate of drug-likeness (QED) is 0.575. The van der Waals surface area contributed by atoms with E-state index in [1.165, 1.54) is 17.3 Å². The van der Waals surface area contributed by atoms with Crippen LogP contribution in [0.1, 0.15) is 25.5 Å². The number of hydrogen-bond acceptors (Lipinski definition) is 6. The van der Waals surface area contributed by atoms with Crippen LogP contribution >= 0.6 is 0 Å². The number of nitrogens with zero attached hydrogens (tertiary/aromatic N) is 4. The number of anilines is 2. The van der Waals surface area contributed by atoms with Crippen molar-refractivity contribution in [2.45, 2.75) is 19.9 Å². The molecule has 0 aliphatic carbocycles. The topological polar surface area (TPSA) is 89.3 Å². The average Bonchev–Trinajstić information content (AvgIpc) is 3.28. The molecule has 0 spiro atoms. The Morgan fingerprint density at radius 3 is 2.58 bits per heavy atom. The molecule has 1 atom stereocenters. The second kappa shape index (κ2) is 9.19. The number of halogens is 2. The van der Waals surface area contributed by atoms with Gasteiger partial charge < -0.3 is 15.0 Å². The minimum Gasteiger partial charge on any atom is -0.463 e. The Labute approximate surface area is 188 Å². The summed E-state index contributed by atoms with van der Waals surface area (Å²) in [6, 6.07) is 11.8. The van der Waals surface area contributed by atoms with Crippen molar-refractivity contribution < 1.29 is 23.1 Å². The summed E-state index contributed by atoms with van der Waals surface area (Å²) in [5.41, 5.74) is 1.70. The van der Waals surface area contributed by atoms with Crippen LogP contribution in [0.3, 0.4) is 0 Å². The van der Waals surface area contributed by atoms with Crippen LogP contribution in [-0.4, -0.2) is 39.8 Å². The summed E-state index contributed by atoms with van der Waals surface area (Å²) in [6.07, 6.45) is 1.34. The molecule has 170 valence electrons. The fourth-order valence-corrected chi connectivity index (χ4v) is 3.75. The van der Waals surface area contributed by atoms with E-state index in [1.807, 2.05) is 30.3 Å². The van der Waals surface area contributed by atoms with Crippen LogP contribution in [0.4, 0.5) is 20.4 Å². The second-order valence-electron chi connectivity index (χ2n) is 7.30. The van der Waals surface area contributed by atoms with Crippen molar-refractivity contribution in [3.63, 3.8) is 0 Å². The molecule has 0 radical (unpaired) electrons. The van der Waals surface area contributed by atoms with Crippen molar-refractivity contribution in [3.8, 4) is 0 Å². The predicted molar refractivity (Wildman–Crippen MR) is 116 cm³/mol. The van der Waals surface area contributed by atoms with E-state index in [4.69, 9.17) is 4.74 Å². The lowest BCUT2D eigenvalue weighted by atomic mass is 9.95. The van der Waals surface area contributed by atoms with E-state index in [-0.39, 0.29) is 18.8 Å². The van der Waals surface area contributed by atoms with Gasteiger partial charge in [0.15, 0.2) is 11.6 Å². The highest BCUT2D eigenvalue weighted by molar-refractivity contribution is 5.96. The van der Waals surface area contributed by atoms with Crippen LogP contribution in [-0.2, 0) is 14.3 Å². The molecule has 0 saturated heterocycles. The van der Waals surface area contributed by atoms with Gasteiger partial charge >= 0.3 is 5.97 Å². The average molecular weight is 453 g/mol. The number of rotatable bonds is 6. The van der Waals surface area contributed by atoms with Crippen LogP contribution in [0, 0.1) is 11.6 Å². The van der Waals surface area contributed by atoms with Gasteiger partial charge in [-0.1, -0.05) is 30.3 Å². The normalized spacial score (nSPS) is 15.3. The highest BCUT2D eigenvalue weighted by Gasteiger charge is 2.38. The molecule has 1 amide bonds. The molecule has 33 heavy (non-hydrogen) atoms. The molecule has 2 aromatic carbocycles. The molecule has 1 aromatic heterocycles. The van der Waals surface area contributed by atoms with Gasteiger partial charge in [0.1, 0.15) is 18.9 Å². The number of allylic oxidation sites excluding steroid dienone is 1. The molecule has 1 N–H and O–H groups in total. The molecule has 4 rings (SSSR count). The molecule has 3 aromatic rings. The Morgan fingerprint density at radius 2 is 1.88 bits per heavy atom. The zero-order valence-corrected chi connectivity index (χ0v) is 18.0. The van der Waals surface area contributed by atoms with Gasteiger partial charge in [-0.05, 0) is 31.5 Å². The Morgan fingerprint density at radius 1 is 1.12 bits per heavy atom. The largest absolute Gasteiger partial charge is 0.463 e. The molecule has 0 saturated carbocycles. The molecule has 0 bridgehead atoms. The van der Waals surface area contributed by atoms with Crippen LogP contribution < -0.4 is 10.2 Å². The van der Waals surface area contributed by atoms with Gasteiger partial charge in [0.05, 0.1) is 12.2 Å². The summed E-state index contributed by atoms with van der Waals surface area (Å²) in [6.45, 7) is 3.35. The molecule has 0 fully saturated rings. The first-order valence-electron chi connectivity index (χ1n) is 10.3. The van der Waals surface area contributed by atoms with E-state index in [0.717, 1.165) is 17.7 Å². The minimum atomic E-state index is -1.07. The van der Waals surface area contributed by atoms with Crippen molar-refractivity contribution in [2.75, 3.05) is 23.4 Å². The summed E-state index contributed by atoms with van der Waals surface area (Å²) in [5.74, 6) is -2.78. The lowest BCUT2D eigenvalue weighted by Crippen LogP contribution is -2.40. The summed E-state index contributed by atoms with van der Waals surface area (Å²) >= 11 is 0. The number of nitrogens with one attached hydrogen (secondary N) is 1. The second-order valence-corrected chi connectivity index (χ2v) is 7.30. The zero-order chi connectivity index (χ0) is 23.5. The smallest absolute Gasteiger partial charge is 0.338 e. The van der Waals surface area contributed by atoms with E-state index in [9.17, 15) is 18.4 Å². The number of fused-ring (bicyclic) bond motifs is 1. The summed E-state index contributed by atoms with van der Waals surface area (Å²) < 4.78 is 33.6. The highest BCUT2D eigenvalue weighted by atomic mass is 19.2. The van der Waals surface area contributed by atoms with Crippen molar-refractivity contribution in [2.24, 2.45) is 0 Å². The van der Waals surface area contributed by atoms with Gasteiger partial charge in [-0.3, -0.25) is 4.79 Å². The zero-order valence-electron chi connectivity index (χ0n) is 18.0. The highest BCUT2D eigenvalue weighted by Crippen LogP contribution is 2.38. The molecule has 1 aliphatic heterocycles. The van der Waals surface area contributed by atoms with Gasteiger partial charge in [-0.15, -0.1) is 0 Å². The standard InChI is InChI=1S/C23H21F2N5O3/c1-3-33-22(32)20-14(2)29(12-19(31)28-16-9-10-17(24)18(25)11-16)23-26-13-27-30(23)21(20)15-7-5-4-6-8-15/h4-11,13,21H,3,12H2,1-2H3,(H,28,31). The first-order valence-corrected chi connectivity index (χ1v) is 10.3. The van der Waals surface area contributed by atoms with Gasteiger partial charge in [0.2, 0.25) is 11.9 Å². The fraction of sp³-hybridized carbons (Fsp3) is 0.217. The summed E-state index contributed by atoms with van der Waals surface area (Å²) in [4.78, 5) is 31.5. The molecule has 8 nitrogen and oxygen atoms in total. The number of amides is 1. The Hall–Kier alpha value is -4.08. The fourth-order valence-electron chi connectivity index (χ4n) is 3.75. The third-order valence-electron chi connectivity index (χ3n) is 5.22. The number of aromatic nitrogens is 3. The monoisotopic (exact) mass is 453 g/mol. The maximum atomic E-state index is 13.5. The number of esters is 1. The van der Waals surface area contributed by atoms with Gasteiger partial charge in [0.25, 0.3) is 0 Å². The molecule has 2 heterocycles. The van der Waals surface area contributed by atoms with Crippen molar-refractivity contribution >= 4 is 23.5 Å². The van der Waals surface area contributed by atoms with Gasteiger partial charge in [-0.2, -0.15) is 10.1 Å². The van der Waals surface area contributed by atoms with E-state index in [2.05, 4.69) is 15.4 Å². The van der Waals surface area contributed by atoms with Crippen LogP contribution in [0.25, 0.3) is 0 Å². The molecular weight excluding hydrogens is 432 g/mol. The maximum absolute atomic E-state index is 13.5. The number of benzene rings is 2. The SMILES string of the molecule is CCOC(=O)C1=C(C)N(CC(=O)Nc2ccc(F)c(F)c2)c2ncnn2C1c1ccccc1. The Bertz CT molecular complexity index is 1230. The Balaban J connectivity index is 1.70. The first-order chi connectivity index (χ1) is 15.9. The predicted octanol–water partition coefficient (Wildman–Crippen LogP) is 3.44. The van der Waals surface area contributed by atoms with Gasteiger partial charge in [-0.25, -0.2) is 18.3 Å². The third kappa shape index (κ3) is 4.32. The molecule has 10 heteroatoms. The number of carbonyl (C=O) groups is 2. The van der Waals surface area contributed by atoms with E-state index < -0.39 is 29.6 Å². The van der Waals surface area contributed by atoms with Crippen molar-refractivity contribution in [1.82, 2.24) is 14.8 Å². The van der Waals surface area contributed by atoms with Crippen LogP contribution in [0.5, 0.6) is 0 Å². The van der Waals surface area contributed by atoms with E-state index in [1.54, 1.807) is 18.5 Å². The maximum Gasteiger partial charge on any atom is 0.338 e. The first kappa shape index (κ1) is 22.1.